The molecule has 1 atom stereocenters. The van der Waals surface area contributed by atoms with Crippen LogP contribution in [0.1, 0.15) is 32.4 Å². The molecule has 2 aromatic rings. The summed E-state index contributed by atoms with van der Waals surface area (Å²) in [7, 11) is 1.54. The van der Waals surface area contributed by atoms with E-state index in [9.17, 15) is 18.0 Å². The van der Waals surface area contributed by atoms with Crippen LogP contribution in [0.25, 0.3) is 0 Å². The normalized spacial score (nSPS) is 12.5. The number of hydrogen-bond acceptors (Lipinski definition) is 3. The average molecular weight is 436 g/mol. The monoisotopic (exact) mass is 436 g/mol. The Bertz CT molecular complexity index is 918. The Morgan fingerprint density at radius 3 is 2.32 bits per heavy atom. The molecule has 0 aliphatic rings. The smallest absolute Gasteiger partial charge is 0.243 e. The second kappa shape index (κ2) is 11.2. The number of amides is 1. The number of nitrogens with one attached hydrogen (secondary N) is 3. The van der Waals surface area contributed by atoms with Gasteiger partial charge in [0.2, 0.25) is 5.91 Å². The van der Waals surface area contributed by atoms with Crippen molar-refractivity contribution in [3.8, 4) is 5.75 Å². The standard InChI is InChI=1S/C22H27F3N4O2/c1-13(2)12-31-16-7-5-15(6-8-16)14(3)28-22(26-4)27-11-19(30)29-18-10-9-17(23)20(24)21(18)25/h5-10,13-14H,11-12H2,1-4H3,(H,29,30)(H2,26,27,28). The summed E-state index contributed by atoms with van der Waals surface area (Å²) in [6, 6.07) is 9.19. The summed E-state index contributed by atoms with van der Waals surface area (Å²) in [4.78, 5) is 16.1. The number of aliphatic imine (C=N–C) groups is 1. The van der Waals surface area contributed by atoms with Gasteiger partial charge in [0.25, 0.3) is 0 Å². The van der Waals surface area contributed by atoms with Gasteiger partial charge < -0.3 is 20.7 Å². The summed E-state index contributed by atoms with van der Waals surface area (Å²) in [6.45, 7) is 6.46. The minimum Gasteiger partial charge on any atom is -0.493 e. The zero-order valence-electron chi connectivity index (χ0n) is 17.9. The van der Waals surface area contributed by atoms with E-state index in [0.717, 1.165) is 23.4 Å². The van der Waals surface area contributed by atoms with Crippen molar-refractivity contribution in [2.75, 3.05) is 25.5 Å². The number of carbonyl (C=O) groups excluding carboxylic acids is 1. The molecule has 0 fully saturated rings. The third-order valence-corrected chi connectivity index (χ3v) is 4.27. The van der Waals surface area contributed by atoms with Crippen LogP contribution in [0.4, 0.5) is 18.9 Å². The molecule has 1 amide bonds. The largest absolute Gasteiger partial charge is 0.493 e. The molecule has 9 heteroatoms. The molecule has 3 N–H and O–H groups in total. The Hall–Kier alpha value is -3.23. The highest BCUT2D eigenvalue weighted by molar-refractivity contribution is 5.95. The van der Waals surface area contributed by atoms with Gasteiger partial charge in [-0.3, -0.25) is 9.79 Å². The van der Waals surface area contributed by atoms with E-state index in [4.69, 9.17) is 4.74 Å². The lowest BCUT2D eigenvalue weighted by Crippen LogP contribution is -2.42. The average Bonchev–Trinajstić information content (AvgIpc) is 2.75. The molecule has 0 aromatic heterocycles. The number of benzene rings is 2. The second-order valence-electron chi connectivity index (χ2n) is 7.34. The van der Waals surface area contributed by atoms with Crippen LogP contribution in [0.3, 0.4) is 0 Å². The molecule has 1 unspecified atom stereocenters. The summed E-state index contributed by atoms with van der Waals surface area (Å²) < 4.78 is 45.6. The molecule has 31 heavy (non-hydrogen) atoms. The van der Waals surface area contributed by atoms with Gasteiger partial charge in [-0.2, -0.15) is 0 Å². The molecule has 0 radical (unpaired) electrons. The number of nitrogens with zero attached hydrogens (tertiary/aromatic N) is 1. The lowest BCUT2D eigenvalue weighted by molar-refractivity contribution is -0.115. The van der Waals surface area contributed by atoms with Gasteiger partial charge in [0.05, 0.1) is 24.9 Å². The molecule has 0 aliphatic carbocycles. The molecule has 0 spiro atoms. The SMILES string of the molecule is CN=C(NCC(=O)Nc1ccc(F)c(F)c1F)NC(C)c1ccc(OCC(C)C)cc1. The van der Waals surface area contributed by atoms with Gasteiger partial charge in [-0.25, -0.2) is 13.2 Å². The maximum absolute atomic E-state index is 13.7. The first kappa shape index (κ1) is 24.0. The van der Waals surface area contributed by atoms with Gasteiger partial charge in [0, 0.05) is 7.05 Å². The summed E-state index contributed by atoms with van der Waals surface area (Å²) in [5, 5.41) is 8.11. The summed E-state index contributed by atoms with van der Waals surface area (Å²) in [5.74, 6) is -3.51. The molecule has 168 valence electrons. The van der Waals surface area contributed by atoms with E-state index in [1.165, 1.54) is 7.05 Å². The fourth-order valence-corrected chi connectivity index (χ4v) is 2.58. The van der Waals surface area contributed by atoms with Crippen LogP contribution in [0, 0.1) is 23.4 Å². The highest BCUT2D eigenvalue weighted by atomic mass is 19.2. The van der Waals surface area contributed by atoms with Crippen molar-refractivity contribution in [3.63, 3.8) is 0 Å². The summed E-state index contributed by atoms with van der Waals surface area (Å²) in [5.41, 5.74) is 0.537. The minimum atomic E-state index is -1.64. The lowest BCUT2D eigenvalue weighted by Gasteiger charge is -2.19. The number of rotatable bonds is 8. The van der Waals surface area contributed by atoms with Crippen LogP contribution < -0.4 is 20.7 Å². The first-order valence-corrected chi connectivity index (χ1v) is 9.84. The number of halogens is 3. The number of guanidine groups is 1. The molecule has 0 aliphatic heterocycles. The molecule has 0 saturated carbocycles. The second-order valence-corrected chi connectivity index (χ2v) is 7.34. The van der Waals surface area contributed by atoms with Crippen molar-refractivity contribution in [2.24, 2.45) is 10.9 Å². The first-order chi connectivity index (χ1) is 14.7. The highest BCUT2D eigenvalue weighted by Gasteiger charge is 2.16. The van der Waals surface area contributed by atoms with Crippen LogP contribution in [-0.4, -0.2) is 32.1 Å². The van der Waals surface area contributed by atoms with E-state index in [1.54, 1.807) is 0 Å². The summed E-state index contributed by atoms with van der Waals surface area (Å²) >= 11 is 0. The van der Waals surface area contributed by atoms with E-state index in [1.807, 2.05) is 31.2 Å². The quantitative estimate of drug-likeness (QED) is 0.332. The van der Waals surface area contributed by atoms with E-state index in [2.05, 4.69) is 34.8 Å². The van der Waals surface area contributed by atoms with Crippen molar-refractivity contribution < 1.29 is 22.7 Å². The van der Waals surface area contributed by atoms with Crippen LogP contribution >= 0.6 is 0 Å². The Morgan fingerprint density at radius 1 is 1.03 bits per heavy atom. The lowest BCUT2D eigenvalue weighted by atomic mass is 10.1. The van der Waals surface area contributed by atoms with Gasteiger partial charge in [-0.05, 0) is 42.7 Å². The maximum Gasteiger partial charge on any atom is 0.243 e. The molecule has 0 bridgehead atoms. The van der Waals surface area contributed by atoms with E-state index in [-0.39, 0.29) is 12.6 Å². The molecule has 2 rings (SSSR count). The van der Waals surface area contributed by atoms with Crippen molar-refractivity contribution in [2.45, 2.75) is 26.8 Å². The van der Waals surface area contributed by atoms with E-state index < -0.39 is 29.0 Å². The topological polar surface area (TPSA) is 74.8 Å². The molecule has 2 aromatic carbocycles. The van der Waals surface area contributed by atoms with Gasteiger partial charge in [-0.15, -0.1) is 0 Å². The number of carbonyl (C=O) groups is 1. The predicted octanol–water partition coefficient (Wildman–Crippen LogP) is 4.00. The molecule has 6 nitrogen and oxygen atoms in total. The first-order valence-electron chi connectivity index (χ1n) is 9.84. The predicted molar refractivity (Wildman–Crippen MR) is 115 cm³/mol. The molecular weight excluding hydrogens is 409 g/mol. The number of anilines is 1. The highest BCUT2D eigenvalue weighted by Crippen LogP contribution is 2.20. The fourth-order valence-electron chi connectivity index (χ4n) is 2.58. The van der Waals surface area contributed by atoms with Crippen molar-refractivity contribution in [3.05, 3.63) is 59.4 Å². The minimum absolute atomic E-state index is 0.128. The van der Waals surface area contributed by atoms with Gasteiger partial charge >= 0.3 is 0 Å². The third-order valence-electron chi connectivity index (χ3n) is 4.27. The van der Waals surface area contributed by atoms with Crippen LogP contribution in [-0.2, 0) is 4.79 Å². The zero-order valence-corrected chi connectivity index (χ0v) is 17.9. The Balaban J connectivity index is 1.87. The van der Waals surface area contributed by atoms with Gasteiger partial charge in [0.1, 0.15) is 5.75 Å². The third kappa shape index (κ3) is 7.20. The number of ether oxygens (including phenoxy) is 1. The fraction of sp³-hybridized carbons (Fsp3) is 0.364. The molecular formula is C22H27F3N4O2. The Kier molecular flexibility index (Phi) is 8.72. The van der Waals surface area contributed by atoms with Crippen molar-refractivity contribution in [1.29, 1.82) is 0 Å². The number of hydrogen-bond donors (Lipinski definition) is 3. The molecule has 0 saturated heterocycles. The van der Waals surface area contributed by atoms with Gasteiger partial charge in [-0.1, -0.05) is 26.0 Å². The van der Waals surface area contributed by atoms with Crippen LogP contribution in [0.2, 0.25) is 0 Å². The van der Waals surface area contributed by atoms with E-state index in [0.29, 0.717) is 18.5 Å². The maximum atomic E-state index is 13.7. The van der Waals surface area contributed by atoms with Crippen molar-refractivity contribution in [1.82, 2.24) is 10.6 Å². The van der Waals surface area contributed by atoms with Gasteiger partial charge in [0.15, 0.2) is 23.4 Å². The summed E-state index contributed by atoms with van der Waals surface area (Å²) in [6.07, 6.45) is 0. The van der Waals surface area contributed by atoms with E-state index >= 15 is 0 Å². The van der Waals surface area contributed by atoms with Crippen LogP contribution in [0.15, 0.2) is 41.4 Å². The zero-order chi connectivity index (χ0) is 23.0. The Morgan fingerprint density at radius 2 is 1.71 bits per heavy atom. The van der Waals surface area contributed by atoms with Crippen LogP contribution in [0.5, 0.6) is 5.75 Å². The Labute approximate surface area is 179 Å². The molecule has 0 heterocycles. The van der Waals surface area contributed by atoms with Crippen molar-refractivity contribution >= 4 is 17.6 Å².